The largest absolute Gasteiger partial charge is 0.288 e. The highest BCUT2D eigenvalue weighted by molar-refractivity contribution is 6.32. The van der Waals surface area contributed by atoms with E-state index in [1.54, 1.807) is 6.07 Å². The summed E-state index contributed by atoms with van der Waals surface area (Å²) in [6.07, 6.45) is 0.420. The van der Waals surface area contributed by atoms with Crippen molar-refractivity contribution in [3.05, 3.63) is 38.9 Å². The molecule has 1 aromatic rings. The Hall–Kier alpha value is -1.64. The molecule has 0 heterocycles. The molecular weight excluding hydrogens is 278 g/mol. The molecule has 1 rings (SSSR count). The topological polar surface area (TPSA) is 70.2 Å². The van der Waals surface area contributed by atoms with E-state index < -0.39 is 10.5 Å². The van der Waals surface area contributed by atoms with Crippen molar-refractivity contribution < 1.29 is 4.92 Å². The highest BCUT2D eigenvalue weighted by Crippen LogP contribution is 2.28. The fourth-order valence-electron chi connectivity index (χ4n) is 2.35. The summed E-state index contributed by atoms with van der Waals surface area (Å²) in [6, 6.07) is 7.00. The van der Waals surface area contributed by atoms with Crippen molar-refractivity contribution in [2.75, 3.05) is 13.1 Å². The molecule has 0 aliphatic carbocycles. The fourth-order valence-corrected chi connectivity index (χ4v) is 2.54. The van der Waals surface area contributed by atoms with E-state index in [2.05, 4.69) is 6.07 Å². The number of halogens is 1. The molecule has 0 amide bonds. The molecule has 0 bridgehead atoms. The molecule has 108 valence electrons. The number of nitrogens with zero attached hydrogens (tertiary/aromatic N) is 3. The summed E-state index contributed by atoms with van der Waals surface area (Å²) in [6.45, 7) is 7.32. The molecular formula is C14H18ClN3O2. The Kier molecular flexibility index (Phi) is 5.49. The van der Waals surface area contributed by atoms with Gasteiger partial charge in [0.2, 0.25) is 0 Å². The van der Waals surface area contributed by atoms with E-state index >= 15 is 0 Å². The van der Waals surface area contributed by atoms with E-state index in [1.165, 1.54) is 12.1 Å². The van der Waals surface area contributed by atoms with Crippen LogP contribution in [0, 0.1) is 21.4 Å². The maximum atomic E-state index is 10.9. The minimum atomic E-state index is -0.689. The molecule has 5 nitrogen and oxygen atoms in total. The van der Waals surface area contributed by atoms with Gasteiger partial charge in [-0.05, 0) is 31.6 Å². The SMILES string of the molecule is CCN(CC)C(C)(C#N)Cc1ccc(Cl)c([N+](=O)[O-])c1. The predicted octanol–water partition coefficient (Wildman–Crippen LogP) is 3.41. The Balaban J connectivity index is 3.11. The third kappa shape index (κ3) is 3.47. The fraction of sp³-hybridized carbons (Fsp3) is 0.500. The number of rotatable bonds is 6. The lowest BCUT2D eigenvalue weighted by Gasteiger charge is -2.34. The molecule has 0 aliphatic rings. The van der Waals surface area contributed by atoms with E-state index in [4.69, 9.17) is 11.6 Å². The van der Waals surface area contributed by atoms with Crippen LogP contribution in [0.5, 0.6) is 0 Å². The van der Waals surface area contributed by atoms with Gasteiger partial charge in [0.1, 0.15) is 10.6 Å². The molecule has 0 saturated heterocycles. The molecule has 1 unspecified atom stereocenters. The van der Waals surface area contributed by atoms with Crippen molar-refractivity contribution in [2.45, 2.75) is 32.7 Å². The zero-order valence-electron chi connectivity index (χ0n) is 11.9. The number of nitro groups is 1. The van der Waals surface area contributed by atoms with Crippen LogP contribution in [0.4, 0.5) is 5.69 Å². The van der Waals surface area contributed by atoms with E-state index in [-0.39, 0.29) is 10.7 Å². The van der Waals surface area contributed by atoms with Crippen LogP contribution in [0.2, 0.25) is 5.02 Å². The van der Waals surface area contributed by atoms with E-state index in [1.807, 2.05) is 25.7 Å². The van der Waals surface area contributed by atoms with Crippen LogP contribution in [0.3, 0.4) is 0 Å². The first-order chi connectivity index (χ1) is 9.37. The van der Waals surface area contributed by atoms with Crippen molar-refractivity contribution in [1.29, 1.82) is 5.26 Å². The van der Waals surface area contributed by atoms with Gasteiger partial charge in [-0.2, -0.15) is 5.26 Å². The summed E-state index contributed by atoms with van der Waals surface area (Å²) in [5.41, 5.74) is -0.0772. The van der Waals surface area contributed by atoms with Gasteiger partial charge in [0.05, 0.1) is 11.0 Å². The summed E-state index contributed by atoms with van der Waals surface area (Å²) in [5.74, 6) is 0. The van der Waals surface area contributed by atoms with Gasteiger partial charge in [-0.15, -0.1) is 0 Å². The second-order valence-electron chi connectivity index (χ2n) is 4.78. The maximum Gasteiger partial charge on any atom is 0.288 e. The van der Waals surface area contributed by atoms with Crippen LogP contribution in [0.1, 0.15) is 26.3 Å². The third-order valence-electron chi connectivity index (χ3n) is 3.46. The van der Waals surface area contributed by atoms with Gasteiger partial charge in [0.15, 0.2) is 0 Å². The zero-order chi connectivity index (χ0) is 15.3. The van der Waals surface area contributed by atoms with Crippen molar-refractivity contribution in [2.24, 2.45) is 0 Å². The molecule has 0 radical (unpaired) electrons. The average Bonchev–Trinajstić information content (AvgIpc) is 2.42. The van der Waals surface area contributed by atoms with Crippen LogP contribution in [0.25, 0.3) is 0 Å². The molecule has 0 aromatic heterocycles. The van der Waals surface area contributed by atoms with Crippen LogP contribution in [0.15, 0.2) is 18.2 Å². The number of hydrogen-bond donors (Lipinski definition) is 0. The first-order valence-electron chi connectivity index (χ1n) is 6.47. The lowest BCUT2D eigenvalue weighted by Crippen LogP contribution is -2.46. The minimum absolute atomic E-state index is 0.111. The number of benzene rings is 1. The van der Waals surface area contributed by atoms with Crippen molar-refractivity contribution >= 4 is 17.3 Å². The summed E-state index contributed by atoms with van der Waals surface area (Å²) in [7, 11) is 0. The lowest BCUT2D eigenvalue weighted by atomic mass is 9.92. The van der Waals surface area contributed by atoms with Crippen molar-refractivity contribution in [3.63, 3.8) is 0 Å². The number of likely N-dealkylation sites (N-methyl/N-ethyl adjacent to an activating group) is 1. The first kappa shape index (κ1) is 16.4. The highest BCUT2D eigenvalue weighted by Gasteiger charge is 2.30. The van der Waals surface area contributed by atoms with Gasteiger partial charge in [-0.3, -0.25) is 15.0 Å². The molecule has 1 atom stereocenters. The van der Waals surface area contributed by atoms with Crippen LogP contribution in [-0.4, -0.2) is 28.5 Å². The van der Waals surface area contributed by atoms with Crippen LogP contribution in [-0.2, 0) is 6.42 Å². The standard InChI is InChI=1S/C14H18ClN3O2/c1-4-17(5-2)14(3,10-16)9-11-6-7-12(15)13(8-11)18(19)20/h6-8H,4-5,9H2,1-3H3. The molecule has 1 aromatic carbocycles. The summed E-state index contributed by atoms with van der Waals surface area (Å²) < 4.78 is 0. The highest BCUT2D eigenvalue weighted by atomic mass is 35.5. The van der Waals surface area contributed by atoms with Gasteiger partial charge in [-0.25, -0.2) is 0 Å². The second-order valence-corrected chi connectivity index (χ2v) is 5.18. The summed E-state index contributed by atoms with van der Waals surface area (Å²) >= 11 is 5.80. The Bertz CT molecular complexity index is 538. The minimum Gasteiger partial charge on any atom is -0.286 e. The second kappa shape index (κ2) is 6.69. The smallest absolute Gasteiger partial charge is 0.286 e. The van der Waals surface area contributed by atoms with E-state index in [9.17, 15) is 15.4 Å². The van der Waals surface area contributed by atoms with Gasteiger partial charge in [-0.1, -0.05) is 31.5 Å². The molecule has 0 aliphatic heterocycles. The number of nitriles is 1. The van der Waals surface area contributed by atoms with Gasteiger partial charge >= 0.3 is 0 Å². The van der Waals surface area contributed by atoms with Crippen LogP contribution >= 0.6 is 11.6 Å². The molecule has 0 saturated carbocycles. The van der Waals surface area contributed by atoms with E-state index in [0.717, 1.165) is 18.7 Å². The molecule has 0 N–H and O–H groups in total. The van der Waals surface area contributed by atoms with Crippen molar-refractivity contribution in [3.8, 4) is 6.07 Å². The number of hydrogen-bond acceptors (Lipinski definition) is 4. The maximum absolute atomic E-state index is 10.9. The molecule has 20 heavy (non-hydrogen) atoms. The molecule has 6 heteroatoms. The van der Waals surface area contributed by atoms with Gasteiger partial charge in [0, 0.05) is 12.5 Å². The Morgan fingerprint density at radius 1 is 1.45 bits per heavy atom. The average molecular weight is 296 g/mol. The third-order valence-corrected chi connectivity index (χ3v) is 3.78. The van der Waals surface area contributed by atoms with E-state index in [0.29, 0.717) is 6.42 Å². The Morgan fingerprint density at radius 2 is 2.05 bits per heavy atom. The summed E-state index contributed by atoms with van der Waals surface area (Å²) in [4.78, 5) is 12.4. The summed E-state index contributed by atoms with van der Waals surface area (Å²) in [5, 5.41) is 20.5. The Labute approximate surface area is 123 Å². The van der Waals surface area contributed by atoms with Gasteiger partial charge < -0.3 is 0 Å². The van der Waals surface area contributed by atoms with Crippen molar-refractivity contribution in [1.82, 2.24) is 4.90 Å². The van der Waals surface area contributed by atoms with Crippen LogP contribution < -0.4 is 0 Å². The Morgan fingerprint density at radius 3 is 2.50 bits per heavy atom. The predicted molar refractivity (Wildman–Crippen MR) is 78.7 cm³/mol. The lowest BCUT2D eigenvalue weighted by molar-refractivity contribution is -0.384. The monoisotopic (exact) mass is 295 g/mol. The quantitative estimate of drug-likeness (QED) is 0.595. The first-order valence-corrected chi connectivity index (χ1v) is 6.84. The molecule has 0 fully saturated rings. The zero-order valence-corrected chi connectivity index (χ0v) is 12.6. The molecule has 0 spiro atoms. The van der Waals surface area contributed by atoms with Gasteiger partial charge in [0.25, 0.3) is 5.69 Å². The normalized spacial score (nSPS) is 13.8. The number of nitro benzene ring substituents is 1.